The van der Waals surface area contributed by atoms with Gasteiger partial charge in [0.2, 0.25) is 11.8 Å². The molecule has 1 fully saturated rings. The van der Waals surface area contributed by atoms with Gasteiger partial charge in [-0.3, -0.25) is 28.9 Å². The van der Waals surface area contributed by atoms with Crippen molar-refractivity contribution in [2.45, 2.75) is 51.4 Å². The molecular formula is C30H31NO8. The van der Waals surface area contributed by atoms with Gasteiger partial charge < -0.3 is 14.9 Å². The maximum absolute atomic E-state index is 13.7. The number of benzene rings is 1. The third kappa shape index (κ3) is 4.39. The Kier molecular flexibility index (Phi) is 7.01. The summed E-state index contributed by atoms with van der Waals surface area (Å²) < 4.78 is 5.56. The number of phenolic OH excluding ortho intramolecular Hbond substituents is 1. The Morgan fingerprint density at radius 1 is 1.08 bits per heavy atom. The minimum absolute atomic E-state index is 0.0394. The Morgan fingerprint density at radius 3 is 2.56 bits per heavy atom. The van der Waals surface area contributed by atoms with Crippen LogP contribution < -0.4 is 4.74 Å². The smallest absolute Gasteiger partial charge is 0.303 e. The molecular weight excluding hydrogens is 502 g/mol. The van der Waals surface area contributed by atoms with E-state index in [0.29, 0.717) is 53.7 Å². The molecule has 0 aromatic heterocycles. The lowest BCUT2D eigenvalue weighted by molar-refractivity contribution is -0.141. The maximum atomic E-state index is 13.7. The Hall–Kier alpha value is -4.01. The molecule has 4 aliphatic rings. The van der Waals surface area contributed by atoms with E-state index < -0.39 is 29.6 Å². The van der Waals surface area contributed by atoms with Crippen LogP contribution >= 0.6 is 0 Å². The fourth-order valence-corrected chi connectivity index (χ4v) is 6.72. The highest BCUT2D eigenvalue weighted by Crippen LogP contribution is 2.57. The van der Waals surface area contributed by atoms with Crippen LogP contribution in [0.2, 0.25) is 0 Å². The van der Waals surface area contributed by atoms with E-state index in [1.54, 1.807) is 19.1 Å². The van der Waals surface area contributed by atoms with E-state index >= 15 is 0 Å². The predicted molar refractivity (Wildman–Crippen MR) is 139 cm³/mol. The van der Waals surface area contributed by atoms with Gasteiger partial charge in [0.1, 0.15) is 11.5 Å². The summed E-state index contributed by atoms with van der Waals surface area (Å²) in [6, 6.07) is 4.81. The number of hydrogen-bond acceptors (Lipinski definition) is 7. The lowest BCUT2D eigenvalue weighted by Gasteiger charge is -2.42. The van der Waals surface area contributed by atoms with Crippen LogP contribution in [0.15, 0.2) is 52.6 Å². The number of fused-ring (bicyclic) bond motifs is 3. The van der Waals surface area contributed by atoms with Crippen molar-refractivity contribution in [3.63, 3.8) is 0 Å². The zero-order chi connectivity index (χ0) is 28.0. The molecule has 4 unspecified atom stereocenters. The summed E-state index contributed by atoms with van der Waals surface area (Å²) in [7, 11) is 1.46. The van der Waals surface area contributed by atoms with E-state index in [2.05, 4.69) is 0 Å². The van der Waals surface area contributed by atoms with Gasteiger partial charge in [0.25, 0.3) is 0 Å². The lowest BCUT2D eigenvalue weighted by Crippen LogP contribution is -2.40. The number of imide groups is 1. The molecule has 1 aromatic rings. The first-order chi connectivity index (χ1) is 18.6. The molecule has 1 heterocycles. The molecule has 9 nitrogen and oxygen atoms in total. The largest absolute Gasteiger partial charge is 0.507 e. The molecule has 1 aromatic carbocycles. The van der Waals surface area contributed by atoms with Crippen LogP contribution in [0, 0.1) is 17.8 Å². The quantitative estimate of drug-likeness (QED) is 0.224. The predicted octanol–water partition coefficient (Wildman–Crippen LogP) is 3.48. The maximum Gasteiger partial charge on any atom is 0.303 e. The normalized spacial score (nSPS) is 26.2. The number of carbonyl (C=O) groups is 5. The zero-order valence-corrected chi connectivity index (χ0v) is 21.9. The van der Waals surface area contributed by atoms with Crippen molar-refractivity contribution >= 4 is 29.4 Å². The number of methoxy groups -OCH3 is 1. The van der Waals surface area contributed by atoms with E-state index in [0.717, 1.165) is 5.57 Å². The van der Waals surface area contributed by atoms with Crippen molar-refractivity contribution in [3.8, 4) is 11.5 Å². The minimum atomic E-state index is -0.879. The Balaban J connectivity index is 1.53. The number of phenols is 1. The average Bonchev–Trinajstić information content (AvgIpc) is 3.15. The van der Waals surface area contributed by atoms with Crippen LogP contribution in [-0.4, -0.2) is 58.1 Å². The van der Waals surface area contributed by atoms with E-state index in [-0.39, 0.29) is 48.5 Å². The first kappa shape index (κ1) is 26.6. The number of aromatic hydroxyl groups is 1. The van der Waals surface area contributed by atoms with Crippen LogP contribution in [0.1, 0.15) is 56.9 Å². The van der Waals surface area contributed by atoms with Crippen LogP contribution in [0.5, 0.6) is 11.5 Å². The van der Waals surface area contributed by atoms with Gasteiger partial charge in [0.05, 0.1) is 18.9 Å². The monoisotopic (exact) mass is 533 g/mol. The Morgan fingerprint density at radius 2 is 1.85 bits per heavy atom. The molecule has 0 saturated carbocycles. The van der Waals surface area contributed by atoms with E-state index in [1.165, 1.54) is 24.2 Å². The number of carboxylic acids is 1. The van der Waals surface area contributed by atoms with Gasteiger partial charge in [-0.25, -0.2) is 0 Å². The summed E-state index contributed by atoms with van der Waals surface area (Å²) in [4.78, 5) is 65.8. The SMILES string of the molecule is COc1cccc(O)c1C1C2=CCC3C(=O)N(CCCCCC(=O)O)C(=O)C3C2CC2=C1C(=O)C=C(C)C2=O. The number of Topliss-reactive ketones (excluding diaryl/α,β-unsaturated/α-hetero) is 1. The molecule has 0 spiro atoms. The van der Waals surface area contributed by atoms with E-state index in [4.69, 9.17) is 9.84 Å². The molecule has 39 heavy (non-hydrogen) atoms. The highest BCUT2D eigenvalue weighted by molar-refractivity contribution is 6.23. The summed E-state index contributed by atoms with van der Waals surface area (Å²) in [5.41, 5.74) is 2.04. The van der Waals surface area contributed by atoms with Crippen LogP contribution in [0.25, 0.3) is 0 Å². The van der Waals surface area contributed by atoms with Gasteiger partial charge in [0.15, 0.2) is 11.6 Å². The van der Waals surface area contributed by atoms with Gasteiger partial charge in [-0.1, -0.05) is 24.1 Å². The first-order valence-electron chi connectivity index (χ1n) is 13.3. The number of allylic oxidation sites excluding steroid dienone is 6. The van der Waals surface area contributed by atoms with Crippen molar-refractivity contribution in [2.75, 3.05) is 13.7 Å². The zero-order valence-electron chi connectivity index (χ0n) is 21.9. The second-order valence-corrected chi connectivity index (χ2v) is 10.7. The second-order valence-electron chi connectivity index (χ2n) is 10.7. The average molecular weight is 534 g/mol. The number of amides is 2. The third-order valence-corrected chi connectivity index (χ3v) is 8.48. The van der Waals surface area contributed by atoms with Gasteiger partial charge in [-0.05, 0) is 56.7 Å². The topological polar surface area (TPSA) is 138 Å². The molecule has 4 atom stereocenters. The molecule has 2 amide bonds. The number of nitrogens with zero attached hydrogens (tertiary/aromatic N) is 1. The molecule has 1 saturated heterocycles. The number of hydrogen-bond donors (Lipinski definition) is 2. The molecule has 3 aliphatic carbocycles. The number of unbranched alkanes of at least 4 members (excludes halogenated alkanes) is 2. The van der Waals surface area contributed by atoms with Crippen molar-refractivity contribution in [3.05, 3.63) is 58.2 Å². The number of aliphatic carboxylic acids is 1. The number of carboxylic acid groups (broad SMARTS) is 1. The Labute approximate surface area is 225 Å². The third-order valence-electron chi connectivity index (χ3n) is 8.48. The fourth-order valence-electron chi connectivity index (χ4n) is 6.72. The van der Waals surface area contributed by atoms with Crippen molar-refractivity contribution in [1.82, 2.24) is 4.90 Å². The van der Waals surface area contributed by atoms with Crippen molar-refractivity contribution < 1.29 is 38.9 Å². The van der Waals surface area contributed by atoms with Crippen LogP contribution in [-0.2, 0) is 24.0 Å². The lowest BCUT2D eigenvalue weighted by atomic mass is 9.59. The molecule has 2 N–H and O–H groups in total. The van der Waals surface area contributed by atoms with Crippen LogP contribution in [0.3, 0.4) is 0 Å². The van der Waals surface area contributed by atoms with Gasteiger partial charge in [0, 0.05) is 41.2 Å². The fraction of sp³-hybridized carbons (Fsp3) is 0.433. The van der Waals surface area contributed by atoms with Crippen molar-refractivity contribution in [1.29, 1.82) is 0 Å². The standard InChI is InChI=1S/C30H31NO8/c1-15-13-21(33)25-19(28(15)36)14-18-16(26(25)27-20(32)7-6-8-22(27)39-2)10-11-17-24(18)30(38)31(29(17)37)12-5-3-4-9-23(34)35/h6-8,10,13,17-18,24,26,32H,3-5,9,11-12,14H2,1-2H3,(H,34,35). The second kappa shape index (κ2) is 10.3. The summed E-state index contributed by atoms with van der Waals surface area (Å²) in [6.07, 6.45) is 5.30. The molecule has 204 valence electrons. The number of carbonyl (C=O) groups excluding carboxylic acids is 4. The highest BCUT2D eigenvalue weighted by Gasteiger charge is 2.56. The summed E-state index contributed by atoms with van der Waals surface area (Å²) in [6.45, 7) is 1.81. The molecule has 0 bridgehead atoms. The van der Waals surface area contributed by atoms with Crippen LogP contribution in [0.4, 0.5) is 0 Å². The van der Waals surface area contributed by atoms with Gasteiger partial charge in [-0.15, -0.1) is 0 Å². The van der Waals surface area contributed by atoms with Gasteiger partial charge in [-0.2, -0.15) is 0 Å². The number of ether oxygens (including phenoxy) is 1. The summed E-state index contributed by atoms with van der Waals surface area (Å²) in [5.74, 6) is -4.26. The van der Waals surface area contributed by atoms with E-state index in [9.17, 15) is 29.1 Å². The highest BCUT2D eigenvalue weighted by atomic mass is 16.5. The number of ketones is 2. The molecule has 5 rings (SSSR count). The summed E-state index contributed by atoms with van der Waals surface area (Å²) >= 11 is 0. The van der Waals surface area contributed by atoms with Crippen molar-refractivity contribution in [2.24, 2.45) is 17.8 Å². The van der Waals surface area contributed by atoms with Gasteiger partial charge >= 0.3 is 5.97 Å². The van der Waals surface area contributed by atoms with E-state index in [1.807, 2.05) is 6.08 Å². The first-order valence-corrected chi connectivity index (χ1v) is 13.3. The number of likely N-dealkylation sites (tertiary alicyclic amines) is 1. The molecule has 9 heteroatoms. The molecule has 1 aliphatic heterocycles. The summed E-state index contributed by atoms with van der Waals surface area (Å²) in [5, 5.41) is 19.8. The minimum Gasteiger partial charge on any atom is -0.507 e. The molecule has 0 radical (unpaired) electrons. The number of rotatable bonds is 8. The Bertz CT molecular complexity index is 1380.